The lowest BCUT2D eigenvalue weighted by molar-refractivity contribution is 0.0950. The number of carbonyl (C=O) groups excluding carboxylic acids is 2. The summed E-state index contributed by atoms with van der Waals surface area (Å²) in [5.41, 5.74) is 4.17. The van der Waals surface area contributed by atoms with Crippen LogP contribution in [0.3, 0.4) is 0 Å². The summed E-state index contributed by atoms with van der Waals surface area (Å²) < 4.78 is 0. The van der Waals surface area contributed by atoms with E-state index in [4.69, 9.17) is 0 Å². The fourth-order valence-corrected chi connectivity index (χ4v) is 2.29. The quantitative estimate of drug-likeness (QED) is 0.909. The van der Waals surface area contributed by atoms with Gasteiger partial charge in [-0.25, -0.2) is 0 Å². The lowest BCUT2D eigenvalue weighted by Gasteiger charge is -2.08. The van der Waals surface area contributed by atoms with Gasteiger partial charge in [0, 0.05) is 22.9 Å². The van der Waals surface area contributed by atoms with Gasteiger partial charge < -0.3 is 10.6 Å². The molecule has 0 atom stereocenters. The van der Waals surface area contributed by atoms with Crippen molar-refractivity contribution in [3.8, 4) is 0 Å². The number of hydrogen-bond acceptors (Lipinski definition) is 2. The Balaban J connectivity index is 1.66. The maximum absolute atomic E-state index is 12.3. The van der Waals surface area contributed by atoms with E-state index in [1.807, 2.05) is 32.0 Å². The van der Waals surface area contributed by atoms with Gasteiger partial charge in [0.25, 0.3) is 11.8 Å². The molecule has 0 aliphatic heterocycles. The van der Waals surface area contributed by atoms with Crippen LogP contribution in [0.15, 0.2) is 42.5 Å². The third-order valence-corrected chi connectivity index (χ3v) is 4.09. The van der Waals surface area contributed by atoms with Gasteiger partial charge in [0.15, 0.2) is 0 Å². The second-order valence-corrected chi connectivity index (χ2v) is 6.08. The number of benzene rings is 2. The molecule has 2 amide bonds. The monoisotopic (exact) mass is 308 g/mol. The summed E-state index contributed by atoms with van der Waals surface area (Å²) in [5.74, 6) is -0.206. The van der Waals surface area contributed by atoms with Gasteiger partial charge in [0.05, 0.1) is 0 Å². The van der Waals surface area contributed by atoms with E-state index in [0.29, 0.717) is 22.9 Å². The molecular formula is C19H20N2O2. The summed E-state index contributed by atoms with van der Waals surface area (Å²) in [5, 5.41) is 5.79. The minimum atomic E-state index is -0.150. The van der Waals surface area contributed by atoms with E-state index in [-0.39, 0.29) is 11.8 Å². The van der Waals surface area contributed by atoms with Crippen LogP contribution in [0.5, 0.6) is 0 Å². The highest BCUT2D eigenvalue weighted by Crippen LogP contribution is 2.20. The van der Waals surface area contributed by atoms with Gasteiger partial charge in [-0.3, -0.25) is 9.59 Å². The lowest BCUT2D eigenvalue weighted by Crippen LogP contribution is -2.25. The fraction of sp³-hybridized carbons (Fsp3) is 0.263. The molecule has 1 fully saturated rings. The fourth-order valence-electron chi connectivity index (χ4n) is 2.29. The molecule has 1 saturated carbocycles. The molecule has 0 radical (unpaired) electrons. The summed E-state index contributed by atoms with van der Waals surface area (Å²) in [7, 11) is 0. The number of aryl methyl sites for hydroxylation is 2. The van der Waals surface area contributed by atoms with Crippen LogP contribution in [0, 0.1) is 13.8 Å². The van der Waals surface area contributed by atoms with Crippen molar-refractivity contribution < 1.29 is 9.59 Å². The highest BCUT2D eigenvalue weighted by Gasteiger charge is 2.23. The Kier molecular flexibility index (Phi) is 4.15. The third-order valence-electron chi connectivity index (χ3n) is 4.09. The van der Waals surface area contributed by atoms with E-state index >= 15 is 0 Å². The van der Waals surface area contributed by atoms with Crippen molar-refractivity contribution in [1.82, 2.24) is 5.32 Å². The summed E-state index contributed by atoms with van der Waals surface area (Å²) in [6, 6.07) is 12.9. The van der Waals surface area contributed by atoms with Crippen LogP contribution >= 0.6 is 0 Å². The first-order chi connectivity index (χ1) is 11.0. The first kappa shape index (κ1) is 15.3. The van der Waals surface area contributed by atoms with Crippen LogP contribution < -0.4 is 10.6 Å². The zero-order chi connectivity index (χ0) is 16.4. The van der Waals surface area contributed by atoms with Crippen molar-refractivity contribution in [2.24, 2.45) is 0 Å². The second-order valence-electron chi connectivity index (χ2n) is 6.08. The second kappa shape index (κ2) is 6.24. The van der Waals surface area contributed by atoms with Crippen molar-refractivity contribution >= 4 is 17.5 Å². The Hall–Kier alpha value is -2.62. The molecule has 118 valence electrons. The topological polar surface area (TPSA) is 58.2 Å². The largest absolute Gasteiger partial charge is 0.349 e. The smallest absolute Gasteiger partial charge is 0.255 e. The molecule has 23 heavy (non-hydrogen) atoms. The van der Waals surface area contributed by atoms with Crippen LogP contribution in [-0.4, -0.2) is 17.9 Å². The first-order valence-electron chi connectivity index (χ1n) is 7.82. The van der Waals surface area contributed by atoms with Gasteiger partial charge in [0.1, 0.15) is 0 Å². The Bertz CT molecular complexity index is 746. The Labute approximate surface area is 135 Å². The van der Waals surface area contributed by atoms with Crippen molar-refractivity contribution in [2.75, 3.05) is 5.32 Å². The molecule has 0 heterocycles. The van der Waals surface area contributed by atoms with E-state index in [0.717, 1.165) is 24.0 Å². The summed E-state index contributed by atoms with van der Waals surface area (Å²) in [6.07, 6.45) is 2.13. The SMILES string of the molecule is Cc1ccc(C(=O)Nc2ccc(C(=O)NC3CC3)cc2)cc1C. The molecule has 1 aliphatic carbocycles. The van der Waals surface area contributed by atoms with Gasteiger partial charge in [0.2, 0.25) is 0 Å². The van der Waals surface area contributed by atoms with E-state index in [1.54, 1.807) is 24.3 Å². The molecule has 0 spiro atoms. The van der Waals surface area contributed by atoms with E-state index < -0.39 is 0 Å². The zero-order valence-corrected chi connectivity index (χ0v) is 13.3. The summed E-state index contributed by atoms with van der Waals surface area (Å²) in [6.45, 7) is 4.00. The predicted molar refractivity (Wildman–Crippen MR) is 90.8 cm³/mol. The number of nitrogens with one attached hydrogen (secondary N) is 2. The van der Waals surface area contributed by atoms with Crippen LogP contribution in [0.25, 0.3) is 0 Å². The van der Waals surface area contributed by atoms with Crippen molar-refractivity contribution in [3.63, 3.8) is 0 Å². The zero-order valence-electron chi connectivity index (χ0n) is 13.3. The normalized spacial score (nSPS) is 13.5. The summed E-state index contributed by atoms with van der Waals surface area (Å²) in [4.78, 5) is 24.2. The summed E-state index contributed by atoms with van der Waals surface area (Å²) >= 11 is 0. The van der Waals surface area contributed by atoms with Crippen molar-refractivity contribution in [1.29, 1.82) is 0 Å². The minimum Gasteiger partial charge on any atom is -0.349 e. The van der Waals surface area contributed by atoms with Gasteiger partial charge in [-0.1, -0.05) is 6.07 Å². The molecule has 0 saturated heterocycles. The molecule has 4 heteroatoms. The third kappa shape index (κ3) is 3.77. The molecule has 0 bridgehead atoms. The standard InChI is InChI=1S/C19H20N2O2/c1-12-3-4-15(11-13(12)2)19(23)21-16-7-5-14(6-8-16)18(22)20-17-9-10-17/h3-8,11,17H,9-10H2,1-2H3,(H,20,22)(H,21,23). The van der Waals surface area contributed by atoms with Crippen LogP contribution in [0.4, 0.5) is 5.69 Å². The van der Waals surface area contributed by atoms with Gasteiger partial charge in [-0.15, -0.1) is 0 Å². The van der Waals surface area contributed by atoms with E-state index in [1.165, 1.54) is 0 Å². The van der Waals surface area contributed by atoms with Gasteiger partial charge in [-0.05, 0) is 74.2 Å². The average Bonchev–Trinajstić information content (AvgIpc) is 3.34. The Morgan fingerprint density at radius 1 is 0.870 bits per heavy atom. The Morgan fingerprint density at radius 3 is 2.13 bits per heavy atom. The predicted octanol–water partition coefficient (Wildman–Crippen LogP) is 3.45. The van der Waals surface area contributed by atoms with Crippen molar-refractivity contribution in [3.05, 3.63) is 64.7 Å². The number of anilines is 1. The first-order valence-corrected chi connectivity index (χ1v) is 7.82. The maximum atomic E-state index is 12.3. The molecular weight excluding hydrogens is 288 g/mol. The highest BCUT2D eigenvalue weighted by atomic mass is 16.2. The molecule has 2 aromatic rings. The van der Waals surface area contributed by atoms with Crippen LogP contribution in [0.1, 0.15) is 44.7 Å². The van der Waals surface area contributed by atoms with Crippen molar-refractivity contribution in [2.45, 2.75) is 32.7 Å². The van der Waals surface area contributed by atoms with Crippen LogP contribution in [0.2, 0.25) is 0 Å². The molecule has 3 rings (SSSR count). The molecule has 2 N–H and O–H groups in total. The van der Waals surface area contributed by atoms with E-state index in [9.17, 15) is 9.59 Å². The number of carbonyl (C=O) groups is 2. The number of rotatable bonds is 4. The lowest BCUT2D eigenvalue weighted by atomic mass is 10.1. The molecule has 0 unspecified atom stereocenters. The van der Waals surface area contributed by atoms with Crippen LogP contribution in [-0.2, 0) is 0 Å². The molecule has 1 aliphatic rings. The maximum Gasteiger partial charge on any atom is 0.255 e. The van der Waals surface area contributed by atoms with Gasteiger partial charge >= 0.3 is 0 Å². The van der Waals surface area contributed by atoms with Gasteiger partial charge in [-0.2, -0.15) is 0 Å². The average molecular weight is 308 g/mol. The molecule has 4 nitrogen and oxygen atoms in total. The van der Waals surface area contributed by atoms with E-state index in [2.05, 4.69) is 10.6 Å². The Morgan fingerprint density at radius 2 is 1.52 bits per heavy atom. The number of hydrogen-bond donors (Lipinski definition) is 2. The number of amides is 2. The molecule has 2 aromatic carbocycles. The minimum absolute atomic E-state index is 0.0560. The molecule has 0 aromatic heterocycles. The highest BCUT2D eigenvalue weighted by molar-refractivity contribution is 6.04.